The number of carbonyl (C=O) groups is 4. The Balaban J connectivity index is 1.46. The third-order valence-corrected chi connectivity index (χ3v) is 5.53. The maximum absolute atomic E-state index is 13.7. The number of benzene rings is 3. The predicted molar refractivity (Wildman–Crippen MR) is 143 cm³/mol. The molecule has 0 saturated carbocycles. The molecule has 0 saturated heterocycles. The summed E-state index contributed by atoms with van der Waals surface area (Å²) in [6.07, 6.45) is -0.342. The molecule has 3 aromatic rings. The van der Waals surface area contributed by atoms with E-state index in [0.29, 0.717) is 16.9 Å². The molecule has 3 rings (SSSR count). The summed E-state index contributed by atoms with van der Waals surface area (Å²) in [5.74, 6) is 2.56. The van der Waals surface area contributed by atoms with Crippen LogP contribution in [0.3, 0.4) is 0 Å². The molecule has 0 aliphatic heterocycles. The van der Waals surface area contributed by atoms with Crippen molar-refractivity contribution >= 4 is 40.9 Å². The minimum atomic E-state index is -1.31. The van der Waals surface area contributed by atoms with Gasteiger partial charge in [-0.3, -0.25) is 14.4 Å². The third kappa shape index (κ3) is 8.91. The predicted octanol–water partition coefficient (Wildman–Crippen LogP) is 3.07. The van der Waals surface area contributed by atoms with Crippen LogP contribution in [-0.2, 0) is 32.2 Å². The number of halogens is 1. The second-order valence-electron chi connectivity index (χ2n) is 8.62. The maximum atomic E-state index is 13.7. The molecule has 1 unspecified atom stereocenters. The molecule has 0 heterocycles. The molecule has 12 heteroatoms. The van der Waals surface area contributed by atoms with Crippen LogP contribution >= 0.6 is 0 Å². The summed E-state index contributed by atoms with van der Waals surface area (Å²) in [7, 11) is 1.52. The number of amides is 4. The van der Waals surface area contributed by atoms with E-state index in [-0.39, 0.29) is 24.6 Å². The molecular weight excluding hydrogens is 507 g/mol. The van der Waals surface area contributed by atoms with Crippen LogP contribution in [0.4, 0.5) is 26.2 Å². The lowest BCUT2D eigenvalue weighted by molar-refractivity contribution is -0.147. The van der Waals surface area contributed by atoms with Crippen molar-refractivity contribution in [1.29, 1.82) is 0 Å². The van der Waals surface area contributed by atoms with E-state index in [2.05, 4.69) is 20.8 Å². The van der Waals surface area contributed by atoms with Crippen molar-refractivity contribution in [2.24, 2.45) is 5.90 Å². The van der Waals surface area contributed by atoms with Gasteiger partial charge in [0.1, 0.15) is 11.9 Å². The first kappa shape index (κ1) is 28.8. The standard InChI is InChI=1S/C27H28FN6O5/c1-34(26(37)22(29)15-25(36)39-30)16-18-8-12-19(13-9-18)31-24(35)14-17-6-10-20(11-7-17)32-27(38)33-23-5-3-2-4-21(23)28/h2-13,22,29H,14-16,30H2,1H3,(H,31,35)(H2,32,33,38). The summed E-state index contributed by atoms with van der Waals surface area (Å²) in [6.45, 7) is 0.207. The molecule has 0 fully saturated rings. The zero-order chi connectivity index (χ0) is 28.4. The van der Waals surface area contributed by atoms with Gasteiger partial charge in [0.05, 0.1) is 18.5 Å². The van der Waals surface area contributed by atoms with E-state index in [4.69, 9.17) is 11.6 Å². The van der Waals surface area contributed by atoms with Crippen LogP contribution < -0.4 is 27.6 Å². The molecule has 1 atom stereocenters. The van der Waals surface area contributed by atoms with E-state index in [0.717, 1.165) is 5.56 Å². The summed E-state index contributed by atoms with van der Waals surface area (Å²) >= 11 is 0. The Bertz CT molecular complexity index is 1320. The number of hydrogen-bond acceptors (Lipinski definition) is 6. The lowest BCUT2D eigenvalue weighted by atomic mass is 10.1. The molecule has 4 amide bonds. The molecule has 39 heavy (non-hydrogen) atoms. The summed E-state index contributed by atoms with van der Waals surface area (Å²) in [4.78, 5) is 53.3. The Hall–Kier alpha value is -4.81. The molecule has 11 nitrogen and oxygen atoms in total. The van der Waals surface area contributed by atoms with Crippen molar-refractivity contribution in [3.05, 3.63) is 89.7 Å². The molecule has 203 valence electrons. The molecule has 0 spiro atoms. The lowest BCUT2D eigenvalue weighted by Crippen LogP contribution is -2.38. The Labute approximate surface area is 224 Å². The first-order chi connectivity index (χ1) is 18.6. The molecule has 0 aromatic heterocycles. The van der Waals surface area contributed by atoms with Crippen LogP contribution in [0.5, 0.6) is 0 Å². The van der Waals surface area contributed by atoms with Crippen molar-refractivity contribution in [1.82, 2.24) is 10.6 Å². The van der Waals surface area contributed by atoms with Crippen LogP contribution in [0.1, 0.15) is 17.5 Å². The van der Waals surface area contributed by atoms with Crippen LogP contribution in [0.2, 0.25) is 0 Å². The molecule has 0 aliphatic carbocycles. The number of urea groups is 1. The number of carbonyl (C=O) groups excluding carboxylic acids is 4. The molecule has 1 radical (unpaired) electrons. The number of hydrogen-bond donors (Lipinski definition) is 4. The highest BCUT2D eigenvalue weighted by Gasteiger charge is 2.22. The average molecular weight is 536 g/mol. The Kier molecular flexibility index (Phi) is 10.1. The molecular formula is C27H28FN6O5. The number of nitrogens with zero attached hydrogens (tertiary/aromatic N) is 1. The van der Waals surface area contributed by atoms with Gasteiger partial charge >= 0.3 is 12.0 Å². The summed E-state index contributed by atoms with van der Waals surface area (Å²) in [5.41, 5.74) is 10.3. The number of likely N-dealkylation sites (N-methyl/N-ethyl adjacent to an activating group) is 1. The average Bonchev–Trinajstić information content (AvgIpc) is 2.91. The molecule has 0 aliphatic rings. The summed E-state index contributed by atoms with van der Waals surface area (Å²) in [6, 6.07) is 17.4. The van der Waals surface area contributed by atoms with Crippen LogP contribution in [0.15, 0.2) is 72.8 Å². The number of rotatable bonds is 10. The van der Waals surface area contributed by atoms with Crippen LogP contribution in [0.25, 0.3) is 0 Å². The quantitative estimate of drug-likeness (QED) is 0.291. The summed E-state index contributed by atoms with van der Waals surface area (Å²) < 4.78 is 13.7. The second-order valence-corrected chi connectivity index (χ2v) is 8.62. The number of nitrogens with two attached hydrogens (primary N) is 1. The highest BCUT2D eigenvalue weighted by Crippen LogP contribution is 2.16. The van der Waals surface area contributed by atoms with Crippen molar-refractivity contribution in [3.8, 4) is 0 Å². The minimum absolute atomic E-state index is 0.0601. The van der Waals surface area contributed by atoms with Gasteiger partial charge in [0.15, 0.2) is 0 Å². The van der Waals surface area contributed by atoms with E-state index in [1.807, 2.05) is 0 Å². The number of nitrogens with one attached hydrogen (secondary N) is 4. The SMILES string of the molecule is CN(Cc1ccc(NC(=O)Cc2ccc(NC(=O)Nc3ccccc3F)cc2)cc1)C(=O)C([NH])CC(=O)ON. The highest BCUT2D eigenvalue weighted by atomic mass is 19.1. The van der Waals surface area contributed by atoms with Gasteiger partial charge in [-0.05, 0) is 47.5 Å². The number of anilines is 3. The van der Waals surface area contributed by atoms with Gasteiger partial charge in [-0.15, -0.1) is 0 Å². The van der Waals surface area contributed by atoms with Crippen molar-refractivity contribution < 1.29 is 28.4 Å². The Morgan fingerprint density at radius 3 is 2.10 bits per heavy atom. The van der Waals surface area contributed by atoms with Gasteiger partial charge < -0.3 is 25.7 Å². The topological polar surface area (TPSA) is 167 Å². The zero-order valence-electron chi connectivity index (χ0n) is 21.1. The first-order valence-corrected chi connectivity index (χ1v) is 11.8. The van der Waals surface area contributed by atoms with E-state index in [9.17, 15) is 23.6 Å². The second kappa shape index (κ2) is 13.7. The summed E-state index contributed by atoms with van der Waals surface area (Å²) in [5, 5.41) is 7.82. The van der Waals surface area contributed by atoms with Gasteiger partial charge in [-0.25, -0.2) is 14.9 Å². The van der Waals surface area contributed by atoms with Crippen LogP contribution in [-0.4, -0.2) is 41.8 Å². The van der Waals surface area contributed by atoms with Gasteiger partial charge in [0, 0.05) is 25.0 Å². The normalized spacial score (nSPS) is 11.2. The maximum Gasteiger partial charge on any atom is 0.326 e. The molecule has 6 N–H and O–H groups in total. The molecule has 0 bridgehead atoms. The fourth-order valence-corrected chi connectivity index (χ4v) is 3.56. The van der Waals surface area contributed by atoms with Crippen molar-refractivity contribution in [2.75, 3.05) is 23.0 Å². The Morgan fingerprint density at radius 2 is 1.49 bits per heavy atom. The smallest absolute Gasteiger partial charge is 0.326 e. The Morgan fingerprint density at radius 1 is 0.897 bits per heavy atom. The fraction of sp³-hybridized carbons (Fsp3) is 0.185. The van der Waals surface area contributed by atoms with E-state index in [1.165, 1.54) is 30.1 Å². The van der Waals surface area contributed by atoms with Gasteiger partial charge in [0.25, 0.3) is 0 Å². The fourth-order valence-electron chi connectivity index (χ4n) is 3.56. The first-order valence-electron chi connectivity index (χ1n) is 11.8. The zero-order valence-corrected chi connectivity index (χ0v) is 21.1. The molecule has 3 aromatic carbocycles. The van der Waals surface area contributed by atoms with Crippen LogP contribution in [0, 0.1) is 5.82 Å². The van der Waals surface area contributed by atoms with Crippen molar-refractivity contribution in [3.63, 3.8) is 0 Å². The number of para-hydroxylation sites is 1. The lowest BCUT2D eigenvalue weighted by Gasteiger charge is -2.20. The van der Waals surface area contributed by atoms with Gasteiger partial charge in [-0.2, -0.15) is 5.90 Å². The highest BCUT2D eigenvalue weighted by molar-refractivity contribution is 6.00. The van der Waals surface area contributed by atoms with E-state index >= 15 is 0 Å². The van der Waals surface area contributed by atoms with E-state index < -0.39 is 36.2 Å². The van der Waals surface area contributed by atoms with Gasteiger partial charge in [-0.1, -0.05) is 36.4 Å². The minimum Gasteiger partial charge on any atom is -0.373 e. The monoisotopic (exact) mass is 535 g/mol. The van der Waals surface area contributed by atoms with Gasteiger partial charge in [0.2, 0.25) is 11.8 Å². The van der Waals surface area contributed by atoms with Crippen molar-refractivity contribution in [2.45, 2.75) is 25.4 Å². The van der Waals surface area contributed by atoms with E-state index in [1.54, 1.807) is 54.6 Å². The largest absolute Gasteiger partial charge is 0.373 e. The third-order valence-electron chi connectivity index (χ3n) is 5.53.